The average Bonchev–Trinajstić information content (AvgIpc) is 2.96. The van der Waals surface area contributed by atoms with Crippen molar-refractivity contribution in [2.24, 2.45) is 17.3 Å². The van der Waals surface area contributed by atoms with Crippen molar-refractivity contribution in [1.82, 2.24) is 0 Å². The Morgan fingerprint density at radius 3 is 2.96 bits per heavy atom. The van der Waals surface area contributed by atoms with Crippen LogP contribution in [0.3, 0.4) is 0 Å². The van der Waals surface area contributed by atoms with E-state index in [9.17, 15) is 5.11 Å². The van der Waals surface area contributed by atoms with Crippen LogP contribution in [0.25, 0.3) is 0 Å². The standard InChI is InChI=1S/C20H25O2.C4H9.Sn/c1-3-22-14-5-7-15-13(12-14)4-6-17-16(15)10-11-20(2)18(17)8-9-19(20)21;1-3-4-2;/h5,7,12,16-19,21H,1,4,6,8-11H2,2H3;1,3-4H2,2H3;/t16-,17-,18+,19+,20+;;/m1../s1. The van der Waals surface area contributed by atoms with Crippen molar-refractivity contribution in [3.8, 4) is 5.75 Å². The van der Waals surface area contributed by atoms with E-state index in [1.165, 1.54) is 54.9 Å². The summed E-state index contributed by atoms with van der Waals surface area (Å²) < 4.78 is 8.51. The molecule has 2 radical (unpaired) electrons. The number of hydrogen-bond donors (Lipinski definition) is 1. The van der Waals surface area contributed by atoms with Gasteiger partial charge in [0.25, 0.3) is 0 Å². The van der Waals surface area contributed by atoms with Crippen LogP contribution >= 0.6 is 0 Å². The molecule has 5 atom stereocenters. The summed E-state index contributed by atoms with van der Waals surface area (Å²) in [6, 6.07) is 6.83. The van der Waals surface area contributed by atoms with Gasteiger partial charge >= 0.3 is 175 Å². The van der Waals surface area contributed by atoms with E-state index < -0.39 is 21.1 Å². The third-order valence-electron chi connectivity index (χ3n) is 7.74. The molecule has 0 bridgehead atoms. The molecule has 1 N–H and O–H groups in total. The molecule has 2 saturated carbocycles. The first-order valence-corrected chi connectivity index (χ1v) is 14.4. The molecule has 0 amide bonds. The predicted octanol–water partition coefficient (Wildman–Crippen LogP) is 5.68. The zero-order valence-electron chi connectivity index (χ0n) is 17.0. The van der Waals surface area contributed by atoms with Crippen LogP contribution in [0.1, 0.15) is 75.8 Å². The minimum atomic E-state index is -0.603. The van der Waals surface area contributed by atoms with Crippen LogP contribution in [0.5, 0.6) is 5.75 Å². The van der Waals surface area contributed by atoms with Crippen molar-refractivity contribution in [3.63, 3.8) is 0 Å². The van der Waals surface area contributed by atoms with Crippen LogP contribution < -0.4 is 4.74 Å². The van der Waals surface area contributed by atoms with E-state index in [2.05, 4.69) is 38.6 Å². The number of rotatable bonds is 6. The van der Waals surface area contributed by atoms with Gasteiger partial charge in [0.2, 0.25) is 0 Å². The van der Waals surface area contributed by atoms with Crippen LogP contribution in [-0.4, -0.2) is 32.4 Å². The number of benzene rings is 1. The van der Waals surface area contributed by atoms with Gasteiger partial charge < -0.3 is 0 Å². The normalized spacial score (nSPS) is 34.5. The molecule has 3 aliphatic rings. The Labute approximate surface area is 175 Å². The number of ether oxygens (including phenoxy) is 1. The van der Waals surface area contributed by atoms with E-state index in [-0.39, 0.29) is 11.5 Å². The molecular formula is C24H34O2Sn. The Morgan fingerprint density at radius 2 is 2.15 bits per heavy atom. The van der Waals surface area contributed by atoms with Gasteiger partial charge in [0.05, 0.1) is 0 Å². The first kappa shape index (κ1) is 19.8. The second kappa shape index (κ2) is 8.10. The zero-order chi connectivity index (χ0) is 19.0. The summed E-state index contributed by atoms with van der Waals surface area (Å²) in [7, 11) is 0. The van der Waals surface area contributed by atoms with Crippen LogP contribution in [0.2, 0.25) is 4.44 Å². The van der Waals surface area contributed by atoms with Crippen molar-refractivity contribution in [1.29, 1.82) is 0 Å². The fraction of sp³-hybridized carbons (Fsp3) is 0.667. The molecule has 2 nitrogen and oxygen atoms in total. The molecule has 2 fully saturated rings. The number of fused-ring (bicyclic) bond motifs is 5. The molecule has 27 heavy (non-hydrogen) atoms. The number of aryl methyl sites for hydroxylation is 1. The summed E-state index contributed by atoms with van der Waals surface area (Å²) >= 11 is -0.603. The molecule has 3 aliphatic carbocycles. The van der Waals surface area contributed by atoms with Gasteiger partial charge in [0.1, 0.15) is 0 Å². The van der Waals surface area contributed by atoms with E-state index in [1.54, 1.807) is 5.56 Å². The molecule has 0 spiro atoms. The first-order valence-electron chi connectivity index (χ1n) is 10.9. The van der Waals surface area contributed by atoms with E-state index in [0.29, 0.717) is 11.8 Å². The average molecular weight is 473 g/mol. The second-order valence-electron chi connectivity index (χ2n) is 9.22. The molecule has 0 aromatic heterocycles. The molecule has 0 saturated heterocycles. The van der Waals surface area contributed by atoms with E-state index in [1.807, 2.05) is 0 Å². The van der Waals surface area contributed by atoms with Crippen LogP contribution in [0.4, 0.5) is 0 Å². The quantitative estimate of drug-likeness (QED) is 0.328. The maximum absolute atomic E-state index is 10.5. The number of aliphatic hydroxyl groups excluding tert-OH is 1. The summed E-state index contributed by atoms with van der Waals surface area (Å²) in [5, 5.41) is 10.5. The summed E-state index contributed by atoms with van der Waals surface area (Å²) in [6.45, 7) is 8.78. The number of unbranched alkanes of at least 4 members (excludes halogenated alkanes) is 1. The summed E-state index contributed by atoms with van der Waals surface area (Å²) in [6.07, 6.45) is 9.60. The van der Waals surface area contributed by atoms with Gasteiger partial charge in [-0.05, 0) is 0 Å². The second-order valence-corrected chi connectivity index (χ2v) is 13.2. The van der Waals surface area contributed by atoms with Gasteiger partial charge in [0.15, 0.2) is 0 Å². The molecule has 1 aromatic carbocycles. The van der Waals surface area contributed by atoms with Crippen molar-refractivity contribution >= 4 is 21.1 Å². The van der Waals surface area contributed by atoms with Gasteiger partial charge in [-0.15, -0.1) is 0 Å². The van der Waals surface area contributed by atoms with Gasteiger partial charge in [-0.25, -0.2) is 0 Å². The van der Waals surface area contributed by atoms with E-state index in [4.69, 9.17) is 4.74 Å². The fourth-order valence-electron chi connectivity index (χ4n) is 6.18. The summed E-state index contributed by atoms with van der Waals surface area (Å²) in [5.74, 6) is 3.17. The number of hydrogen-bond acceptors (Lipinski definition) is 2. The minimum absolute atomic E-state index is 0.0792. The maximum atomic E-state index is 10.5. The third-order valence-corrected chi connectivity index (χ3v) is 10.9. The Bertz CT molecular complexity index is 700. The molecule has 0 heterocycles. The number of aliphatic hydroxyl groups is 1. The van der Waals surface area contributed by atoms with Crippen LogP contribution in [0.15, 0.2) is 28.6 Å². The fourth-order valence-corrected chi connectivity index (χ4v) is 9.03. The molecule has 0 aliphatic heterocycles. The predicted molar refractivity (Wildman–Crippen MR) is 112 cm³/mol. The van der Waals surface area contributed by atoms with Crippen LogP contribution in [0, 0.1) is 17.3 Å². The topological polar surface area (TPSA) is 29.5 Å². The van der Waals surface area contributed by atoms with Crippen molar-refractivity contribution in [2.45, 2.75) is 81.7 Å². The Hall–Kier alpha value is -0.481. The third kappa shape index (κ3) is 3.73. The summed E-state index contributed by atoms with van der Waals surface area (Å²) in [5.41, 5.74) is 3.24. The van der Waals surface area contributed by atoms with E-state index >= 15 is 0 Å². The monoisotopic (exact) mass is 474 g/mol. The van der Waals surface area contributed by atoms with Gasteiger partial charge in [-0.3, -0.25) is 0 Å². The van der Waals surface area contributed by atoms with Crippen molar-refractivity contribution < 1.29 is 9.84 Å². The Kier molecular flexibility index (Phi) is 5.95. The molecular weight excluding hydrogens is 439 g/mol. The van der Waals surface area contributed by atoms with Crippen molar-refractivity contribution in [2.75, 3.05) is 0 Å². The molecule has 146 valence electrons. The molecule has 0 unspecified atom stereocenters. The molecule has 3 heteroatoms. The zero-order valence-corrected chi connectivity index (χ0v) is 19.8. The summed E-state index contributed by atoms with van der Waals surface area (Å²) in [4.78, 5) is 0. The Balaban J connectivity index is 1.47. The Morgan fingerprint density at radius 1 is 1.30 bits per heavy atom. The molecule has 1 aromatic rings. The molecule has 4 rings (SSSR count). The van der Waals surface area contributed by atoms with Gasteiger partial charge in [-0.1, -0.05) is 0 Å². The van der Waals surface area contributed by atoms with Gasteiger partial charge in [-0.2, -0.15) is 0 Å². The first-order chi connectivity index (χ1) is 13.0. The van der Waals surface area contributed by atoms with E-state index in [0.717, 1.165) is 21.9 Å². The van der Waals surface area contributed by atoms with Crippen LogP contribution in [-0.2, 0) is 6.42 Å². The van der Waals surface area contributed by atoms with Gasteiger partial charge in [0, 0.05) is 0 Å². The SMILES string of the molecule is C=[C](Oc1ccc2c(c1)CC[C@@H]1[C@@H]2CC[C@]2(C)[C@@H](O)CC[C@@H]12)[Sn][CH2]CCC. The van der Waals surface area contributed by atoms with Crippen molar-refractivity contribution in [3.05, 3.63) is 39.7 Å².